The summed E-state index contributed by atoms with van der Waals surface area (Å²) in [6.07, 6.45) is 10.8. The van der Waals surface area contributed by atoms with E-state index in [1.165, 1.54) is 6.20 Å². The Kier molecular flexibility index (Phi) is 4.95. The van der Waals surface area contributed by atoms with E-state index in [-0.39, 0.29) is 0 Å². The fraction of sp³-hybridized carbons (Fsp3) is 0.154. The number of allylic oxidation sites excluding steroid dienone is 4. The van der Waals surface area contributed by atoms with Crippen molar-refractivity contribution < 1.29 is 0 Å². The summed E-state index contributed by atoms with van der Waals surface area (Å²) < 4.78 is 0. The standard InChI is InChI=1S/C13H16N2/c1-12(6-2-4-10-14)8-9-13-7-3-5-11-15-13/h2-7,10-11H,1,8-9,14H2/b6-2-,10-4-. The highest BCUT2D eigenvalue weighted by Crippen LogP contribution is 2.06. The molecule has 0 saturated carbocycles. The van der Waals surface area contributed by atoms with Gasteiger partial charge in [0.05, 0.1) is 0 Å². The molecule has 2 heteroatoms. The van der Waals surface area contributed by atoms with Crippen molar-refractivity contribution in [3.63, 3.8) is 0 Å². The minimum Gasteiger partial charge on any atom is -0.405 e. The van der Waals surface area contributed by atoms with E-state index in [1.807, 2.05) is 36.5 Å². The Morgan fingerprint density at radius 1 is 1.40 bits per heavy atom. The second kappa shape index (κ2) is 6.60. The highest BCUT2D eigenvalue weighted by Gasteiger charge is 1.93. The molecular formula is C13H16N2. The molecule has 0 unspecified atom stereocenters. The number of rotatable bonds is 5. The molecule has 1 aromatic heterocycles. The molecule has 0 aromatic carbocycles. The third kappa shape index (κ3) is 4.81. The lowest BCUT2D eigenvalue weighted by Crippen LogP contribution is -1.89. The summed E-state index contributed by atoms with van der Waals surface area (Å²) in [4.78, 5) is 4.25. The Morgan fingerprint density at radius 3 is 2.93 bits per heavy atom. The fourth-order valence-electron chi connectivity index (χ4n) is 1.17. The van der Waals surface area contributed by atoms with Crippen molar-refractivity contribution in [3.8, 4) is 0 Å². The first kappa shape index (κ1) is 11.2. The van der Waals surface area contributed by atoms with Crippen LogP contribution in [0.4, 0.5) is 0 Å². The molecule has 0 saturated heterocycles. The van der Waals surface area contributed by atoms with Gasteiger partial charge in [0.1, 0.15) is 0 Å². The van der Waals surface area contributed by atoms with Crippen LogP contribution in [0.25, 0.3) is 0 Å². The van der Waals surface area contributed by atoms with Crippen molar-refractivity contribution in [2.75, 3.05) is 0 Å². The molecule has 1 rings (SSSR count). The van der Waals surface area contributed by atoms with Gasteiger partial charge in [-0.15, -0.1) is 0 Å². The molecule has 2 N–H and O–H groups in total. The Hall–Kier alpha value is -1.83. The maximum absolute atomic E-state index is 5.21. The molecule has 0 atom stereocenters. The Balaban J connectivity index is 2.35. The van der Waals surface area contributed by atoms with E-state index >= 15 is 0 Å². The second-order valence-electron chi connectivity index (χ2n) is 3.22. The van der Waals surface area contributed by atoms with Gasteiger partial charge >= 0.3 is 0 Å². The molecular weight excluding hydrogens is 184 g/mol. The van der Waals surface area contributed by atoms with Crippen molar-refractivity contribution in [2.45, 2.75) is 12.8 Å². The lowest BCUT2D eigenvalue weighted by molar-refractivity contribution is 0.920. The van der Waals surface area contributed by atoms with Crippen LogP contribution in [0.3, 0.4) is 0 Å². The molecule has 0 aliphatic carbocycles. The highest BCUT2D eigenvalue weighted by molar-refractivity contribution is 5.20. The van der Waals surface area contributed by atoms with Crippen LogP contribution in [-0.4, -0.2) is 4.98 Å². The van der Waals surface area contributed by atoms with Crippen molar-refractivity contribution >= 4 is 0 Å². The normalized spacial score (nSPS) is 11.2. The fourth-order valence-corrected chi connectivity index (χ4v) is 1.17. The first-order valence-electron chi connectivity index (χ1n) is 4.95. The van der Waals surface area contributed by atoms with Gasteiger partial charge in [0.25, 0.3) is 0 Å². The zero-order valence-electron chi connectivity index (χ0n) is 8.76. The summed E-state index contributed by atoms with van der Waals surface area (Å²) in [6, 6.07) is 5.94. The number of aromatic nitrogens is 1. The van der Waals surface area contributed by atoms with Gasteiger partial charge in [-0.1, -0.05) is 30.4 Å². The molecule has 0 aliphatic heterocycles. The molecule has 1 aromatic rings. The monoisotopic (exact) mass is 200 g/mol. The third-order valence-electron chi connectivity index (χ3n) is 1.98. The lowest BCUT2D eigenvalue weighted by Gasteiger charge is -1.99. The van der Waals surface area contributed by atoms with E-state index < -0.39 is 0 Å². The van der Waals surface area contributed by atoms with Crippen LogP contribution in [0.1, 0.15) is 12.1 Å². The van der Waals surface area contributed by atoms with Gasteiger partial charge in [0.15, 0.2) is 0 Å². The zero-order valence-corrected chi connectivity index (χ0v) is 8.76. The van der Waals surface area contributed by atoms with Crippen LogP contribution < -0.4 is 5.73 Å². The number of aryl methyl sites for hydroxylation is 1. The van der Waals surface area contributed by atoms with Crippen molar-refractivity contribution in [1.29, 1.82) is 0 Å². The minimum absolute atomic E-state index is 0.923. The number of nitrogens with zero attached hydrogens (tertiary/aromatic N) is 1. The smallest absolute Gasteiger partial charge is 0.0406 e. The molecule has 0 radical (unpaired) electrons. The van der Waals surface area contributed by atoms with Gasteiger partial charge in [-0.05, 0) is 37.3 Å². The number of nitrogens with two attached hydrogens (primary N) is 1. The summed E-state index contributed by atoms with van der Waals surface area (Å²) in [5.74, 6) is 0. The number of hydrogen-bond acceptors (Lipinski definition) is 2. The zero-order chi connectivity index (χ0) is 10.9. The second-order valence-corrected chi connectivity index (χ2v) is 3.22. The molecule has 78 valence electrons. The number of hydrogen-bond donors (Lipinski definition) is 1. The first-order valence-corrected chi connectivity index (χ1v) is 4.95. The number of pyridine rings is 1. The predicted octanol–water partition coefficient (Wildman–Crippen LogP) is 2.60. The predicted molar refractivity (Wildman–Crippen MR) is 64.2 cm³/mol. The third-order valence-corrected chi connectivity index (χ3v) is 1.98. The topological polar surface area (TPSA) is 38.9 Å². The summed E-state index contributed by atoms with van der Waals surface area (Å²) >= 11 is 0. The van der Waals surface area contributed by atoms with Crippen LogP contribution >= 0.6 is 0 Å². The Labute approximate surface area is 90.8 Å². The largest absolute Gasteiger partial charge is 0.405 e. The quantitative estimate of drug-likeness (QED) is 0.742. The van der Waals surface area contributed by atoms with E-state index in [0.717, 1.165) is 24.1 Å². The van der Waals surface area contributed by atoms with E-state index in [0.29, 0.717) is 0 Å². The van der Waals surface area contributed by atoms with Crippen molar-refractivity contribution in [2.24, 2.45) is 5.73 Å². The van der Waals surface area contributed by atoms with E-state index in [4.69, 9.17) is 5.73 Å². The molecule has 0 aliphatic rings. The van der Waals surface area contributed by atoms with E-state index in [9.17, 15) is 0 Å². The summed E-state index contributed by atoms with van der Waals surface area (Å²) in [7, 11) is 0. The first-order chi connectivity index (χ1) is 7.33. The van der Waals surface area contributed by atoms with Gasteiger partial charge in [-0.2, -0.15) is 0 Å². The molecule has 2 nitrogen and oxygen atoms in total. The van der Waals surface area contributed by atoms with E-state index in [1.54, 1.807) is 6.08 Å². The summed E-state index contributed by atoms with van der Waals surface area (Å²) in [6.45, 7) is 3.95. The maximum Gasteiger partial charge on any atom is 0.0406 e. The molecule has 0 amide bonds. The van der Waals surface area contributed by atoms with Crippen LogP contribution in [0.2, 0.25) is 0 Å². The molecule has 1 heterocycles. The molecule has 0 spiro atoms. The molecule has 0 bridgehead atoms. The lowest BCUT2D eigenvalue weighted by atomic mass is 10.1. The Morgan fingerprint density at radius 2 is 2.27 bits per heavy atom. The van der Waals surface area contributed by atoms with Crippen molar-refractivity contribution in [1.82, 2.24) is 4.98 Å². The van der Waals surface area contributed by atoms with Gasteiger partial charge < -0.3 is 5.73 Å². The van der Waals surface area contributed by atoms with Crippen LogP contribution in [0.5, 0.6) is 0 Å². The van der Waals surface area contributed by atoms with E-state index in [2.05, 4.69) is 11.6 Å². The van der Waals surface area contributed by atoms with Crippen molar-refractivity contribution in [3.05, 3.63) is 66.7 Å². The SMILES string of the molecule is C=C(/C=C\C=C/N)CCc1ccccn1. The maximum atomic E-state index is 5.21. The minimum atomic E-state index is 0.923. The van der Waals surface area contributed by atoms with Gasteiger partial charge in [-0.25, -0.2) is 0 Å². The van der Waals surface area contributed by atoms with Gasteiger partial charge in [0, 0.05) is 11.9 Å². The molecule has 15 heavy (non-hydrogen) atoms. The highest BCUT2D eigenvalue weighted by atomic mass is 14.7. The molecule has 0 fully saturated rings. The average molecular weight is 200 g/mol. The van der Waals surface area contributed by atoms with Gasteiger partial charge in [0.2, 0.25) is 0 Å². The van der Waals surface area contributed by atoms with Gasteiger partial charge in [-0.3, -0.25) is 4.98 Å². The summed E-state index contributed by atoms with van der Waals surface area (Å²) in [5, 5.41) is 0. The Bertz CT molecular complexity index is 350. The van der Waals surface area contributed by atoms with Crippen LogP contribution in [-0.2, 0) is 6.42 Å². The van der Waals surface area contributed by atoms with Crippen LogP contribution in [0, 0.1) is 0 Å². The van der Waals surface area contributed by atoms with Crippen LogP contribution in [0.15, 0.2) is 61.0 Å². The summed E-state index contributed by atoms with van der Waals surface area (Å²) in [5.41, 5.74) is 7.39. The average Bonchev–Trinajstić information content (AvgIpc) is 2.28.